The number of anilines is 2. The van der Waals surface area contributed by atoms with Crippen molar-refractivity contribution >= 4 is 23.6 Å². The molecule has 1 aromatic heterocycles. The molecule has 10 nitrogen and oxygen atoms in total. The second-order valence-electron chi connectivity index (χ2n) is 9.96. The zero-order chi connectivity index (χ0) is 32.5. The molecule has 0 saturated carbocycles. The van der Waals surface area contributed by atoms with Gasteiger partial charge in [-0.15, -0.1) is 0 Å². The number of nitrogens with zero attached hydrogens (tertiary/aromatic N) is 2. The molecule has 3 aromatic rings. The van der Waals surface area contributed by atoms with Crippen LogP contribution in [0, 0.1) is 6.92 Å². The van der Waals surface area contributed by atoms with Gasteiger partial charge in [-0.05, 0) is 50.8 Å². The summed E-state index contributed by atoms with van der Waals surface area (Å²) in [4.78, 5) is 31.2. The number of ether oxygens (including phenoxy) is 2. The Morgan fingerprint density at radius 2 is 1.66 bits per heavy atom. The average molecular weight is 620 g/mol. The first-order valence-corrected chi connectivity index (χ1v) is 14.1. The van der Waals surface area contributed by atoms with E-state index in [4.69, 9.17) is 19.4 Å². The van der Waals surface area contributed by atoms with Gasteiger partial charge in [0, 0.05) is 37.9 Å². The zero-order valence-corrected chi connectivity index (χ0v) is 25.3. The van der Waals surface area contributed by atoms with Gasteiger partial charge in [0.1, 0.15) is 17.6 Å². The third-order valence-electron chi connectivity index (χ3n) is 5.96. The van der Waals surface area contributed by atoms with Gasteiger partial charge < -0.3 is 30.5 Å². The van der Waals surface area contributed by atoms with Crippen LogP contribution >= 0.6 is 0 Å². The summed E-state index contributed by atoms with van der Waals surface area (Å²) >= 11 is 0. The molecule has 3 rings (SSSR count). The highest BCUT2D eigenvalue weighted by molar-refractivity contribution is 5.84. The minimum Gasteiger partial charge on any atom is -0.496 e. The van der Waals surface area contributed by atoms with Crippen molar-refractivity contribution in [2.75, 3.05) is 37.4 Å². The van der Waals surface area contributed by atoms with Gasteiger partial charge in [0.05, 0.1) is 13.2 Å². The van der Waals surface area contributed by atoms with Crippen LogP contribution in [0.25, 0.3) is 0 Å². The Morgan fingerprint density at radius 1 is 1.00 bits per heavy atom. The van der Waals surface area contributed by atoms with Crippen molar-refractivity contribution in [2.45, 2.75) is 58.4 Å². The van der Waals surface area contributed by atoms with Gasteiger partial charge in [0.2, 0.25) is 11.9 Å². The number of methoxy groups -OCH3 is 1. The van der Waals surface area contributed by atoms with Crippen LogP contribution in [0.2, 0.25) is 0 Å². The Kier molecular flexibility index (Phi) is 14.9. The van der Waals surface area contributed by atoms with E-state index in [1.807, 2.05) is 81.4 Å². The summed E-state index contributed by atoms with van der Waals surface area (Å²) in [7, 11) is 1.68. The van der Waals surface area contributed by atoms with Crippen molar-refractivity contribution in [3.05, 3.63) is 77.5 Å². The lowest BCUT2D eigenvalue weighted by Crippen LogP contribution is -2.42. The van der Waals surface area contributed by atoms with Crippen LogP contribution in [-0.2, 0) is 27.2 Å². The van der Waals surface area contributed by atoms with Gasteiger partial charge in [-0.25, -0.2) is 9.78 Å². The van der Waals surface area contributed by atoms with E-state index in [0.717, 1.165) is 35.4 Å². The summed E-state index contributed by atoms with van der Waals surface area (Å²) in [6, 6.07) is 19.3. The summed E-state index contributed by atoms with van der Waals surface area (Å²) in [6.45, 7) is 7.74. The summed E-state index contributed by atoms with van der Waals surface area (Å²) in [5, 5.41) is 16.8. The van der Waals surface area contributed by atoms with Crippen LogP contribution in [0.3, 0.4) is 0 Å². The van der Waals surface area contributed by atoms with E-state index < -0.39 is 18.2 Å². The van der Waals surface area contributed by atoms with Crippen molar-refractivity contribution in [3.63, 3.8) is 0 Å². The van der Waals surface area contributed by atoms with Crippen molar-refractivity contribution in [1.82, 2.24) is 15.3 Å². The second-order valence-corrected chi connectivity index (χ2v) is 9.96. The van der Waals surface area contributed by atoms with Crippen LogP contribution in [0.15, 0.2) is 60.7 Å². The molecular formula is C31H40F3N5O5. The number of rotatable bonds is 15. The van der Waals surface area contributed by atoms with Gasteiger partial charge in [-0.3, -0.25) is 4.79 Å². The smallest absolute Gasteiger partial charge is 0.490 e. The first-order valence-electron chi connectivity index (χ1n) is 14.1. The SMILES string of the molecule is COc1ccccc1CCNc1nc(C)cc(N[C@@H](Cc2ccccc2)C(=O)NCCCOC(C)C)n1.O=C(O)C(F)(F)F. The normalized spacial score (nSPS) is 11.6. The van der Waals surface area contributed by atoms with Gasteiger partial charge in [0.25, 0.3) is 0 Å². The van der Waals surface area contributed by atoms with Crippen molar-refractivity contribution in [3.8, 4) is 5.75 Å². The number of carboxylic acid groups (broad SMARTS) is 1. The molecule has 2 aromatic carbocycles. The van der Waals surface area contributed by atoms with Crippen LogP contribution in [0.1, 0.15) is 37.1 Å². The Morgan fingerprint density at radius 3 is 2.30 bits per heavy atom. The van der Waals surface area contributed by atoms with Crippen molar-refractivity contribution in [1.29, 1.82) is 0 Å². The highest BCUT2D eigenvalue weighted by Crippen LogP contribution is 2.18. The van der Waals surface area contributed by atoms with Crippen LogP contribution < -0.4 is 20.7 Å². The Balaban J connectivity index is 0.000000860. The molecule has 1 heterocycles. The molecule has 240 valence electrons. The van der Waals surface area contributed by atoms with Gasteiger partial charge >= 0.3 is 12.1 Å². The molecule has 0 radical (unpaired) electrons. The van der Waals surface area contributed by atoms with E-state index in [9.17, 15) is 18.0 Å². The molecule has 0 saturated heterocycles. The van der Waals surface area contributed by atoms with E-state index >= 15 is 0 Å². The van der Waals surface area contributed by atoms with Crippen molar-refractivity contribution < 1.29 is 37.3 Å². The number of amides is 1. The molecule has 0 unspecified atom stereocenters. The maximum absolute atomic E-state index is 13.1. The Bertz CT molecular complexity index is 1310. The Hall–Kier alpha value is -4.39. The maximum atomic E-state index is 13.1. The van der Waals surface area contributed by atoms with E-state index in [1.54, 1.807) is 7.11 Å². The summed E-state index contributed by atoms with van der Waals surface area (Å²) < 4.78 is 42.8. The zero-order valence-electron chi connectivity index (χ0n) is 25.3. The molecule has 0 spiro atoms. The topological polar surface area (TPSA) is 135 Å². The highest BCUT2D eigenvalue weighted by Gasteiger charge is 2.38. The fourth-order valence-electron chi connectivity index (χ4n) is 3.90. The number of carbonyl (C=O) groups excluding carboxylic acids is 1. The molecule has 13 heteroatoms. The van der Waals surface area contributed by atoms with E-state index in [1.165, 1.54) is 0 Å². The fourth-order valence-corrected chi connectivity index (χ4v) is 3.90. The fraction of sp³-hybridized carbons (Fsp3) is 0.419. The second kappa shape index (κ2) is 18.3. The lowest BCUT2D eigenvalue weighted by molar-refractivity contribution is -0.192. The third-order valence-corrected chi connectivity index (χ3v) is 5.96. The first-order chi connectivity index (χ1) is 20.9. The number of carboxylic acids is 1. The van der Waals surface area contributed by atoms with Crippen molar-refractivity contribution in [2.24, 2.45) is 0 Å². The largest absolute Gasteiger partial charge is 0.496 e. The number of carbonyl (C=O) groups is 2. The number of aryl methyl sites for hydroxylation is 1. The minimum absolute atomic E-state index is 0.0738. The molecule has 1 atom stereocenters. The number of para-hydroxylation sites is 1. The average Bonchev–Trinajstić information content (AvgIpc) is 2.97. The quantitative estimate of drug-likeness (QED) is 0.173. The molecule has 0 aliphatic heterocycles. The molecule has 1 amide bonds. The lowest BCUT2D eigenvalue weighted by atomic mass is 10.1. The van der Waals surface area contributed by atoms with E-state index in [-0.39, 0.29) is 12.0 Å². The van der Waals surface area contributed by atoms with Crippen LogP contribution in [0.5, 0.6) is 5.75 Å². The Labute approximate surface area is 255 Å². The summed E-state index contributed by atoms with van der Waals surface area (Å²) in [5.74, 6) is -0.848. The van der Waals surface area contributed by atoms with E-state index in [2.05, 4.69) is 25.9 Å². The van der Waals surface area contributed by atoms with Gasteiger partial charge in [-0.1, -0.05) is 48.5 Å². The predicted molar refractivity (Wildman–Crippen MR) is 162 cm³/mol. The molecule has 0 aliphatic rings. The van der Waals surface area contributed by atoms with Crippen LogP contribution in [0.4, 0.5) is 24.9 Å². The van der Waals surface area contributed by atoms with Gasteiger partial charge in [0.15, 0.2) is 0 Å². The standard InChI is InChI=1S/C29H39N5O3.C2HF3O2/c1-21(2)37-18-10-16-30-28(35)25(20-23-11-6-5-7-12-23)33-27-19-22(3)32-29(34-27)31-17-15-24-13-8-9-14-26(24)36-4;3-2(4,5)1(6)7/h5-9,11-14,19,21,25H,10,15-18,20H2,1-4H3,(H,30,35)(H2,31,32,33,34);(H,6,7)/t25-;/m0./s1. The maximum Gasteiger partial charge on any atom is 0.490 e. The molecule has 0 bridgehead atoms. The number of alkyl halides is 3. The number of halogens is 3. The highest BCUT2D eigenvalue weighted by atomic mass is 19.4. The minimum atomic E-state index is -5.08. The third kappa shape index (κ3) is 13.7. The molecule has 44 heavy (non-hydrogen) atoms. The molecule has 0 aliphatic carbocycles. The number of hydrogen-bond acceptors (Lipinski definition) is 8. The number of nitrogens with one attached hydrogen (secondary N) is 3. The number of aromatic nitrogens is 2. The van der Waals surface area contributed by atoms with Gasteiger partial charge in [-0.2, -0.15) is 18.2 Å². The number of hydrogen-bond donors (Lipinski definition) is 4. The summed E-state index contributed by atoms with van der Waals surface area (Å²) in [6.07, 6.45) is -2.84. The predicted octanol–water partition coefficient (Wildman–Crippen LogP) is 5.04. The van der Waals surface area contributed by atoms with E-state index in [0.29, 0.717) is 37.9 Å². The molecule has 4 N–H and O–H groups in total. The number of benzene rings is 2. The number of aliphatic carboxylic acids is 1. The first kappa shape index (κ1) is 35.8. The summed E-state index contributed by atoms with van der Waals surface area (Å²) in [5.41, 5.74) is 2.99. The lowest BCUT2D eigenvalue weighted by Gasteiger charge is -2.20. The molecular weight excluding hydrogens is 579 g/mol. The monoisotopic (exact) mass is 619 g/mol. The molecule has 0 fully saturated rings. The van der Waals surface area contributed by atoms with Crippen LogP contribution in [-0.4, -0.2) is 72.1 Å².